The van der Waals surface area contributed by atoms with Gasteiger partial charge in [-0.1, -0.05) is 12.8 Å². The Balaban J connectivity index is 1.50. The third-order valence-electron chi connectivity index (χ3n) is 6.69. The number of alkyl halides is 3. The average molecular weight is 478 g/mol. The Hall–Kier alpha value is -2.95. The van der Waals surface area contributed by atoms with E-state index in [0.717, 1.165) is 63.5 Å². The Morgan fingerprint density at radius 1 is 1.00 bits per heavy atom. The van der Waals surface area contributed by atoms with Gasteiger partial charge in [0.05, 0.1) is 23.6 Å². The predicted octanol–water partition coefficient (Wildman–Crippen LogP) is 5.56. The molecule has 0 spiro atoms. The van der Waals surface area contributed by atoms with Gasteiger partial charge in [-0.15, -0.1) is 0 Å². The van der Waals surface area contributed by atoms with Crippen LogP contribution in [0.4, 0.5) is 35.1 Å². The smallest absolute Gasteiger partial charge is 0.393 e. The van der Waals surface area contributed by atoms with Gasteiger partial charge in [0.15, 0.2) is 5.65 Å². The van der Waals surface area contributed by atoms with E-state index in [4.69, 9.17) is 0 Å². The normalized spacial score (nSPS) is 21.8. The van der Waals surface area contributed by atoms with Crippen molar-refractivity contribution in [2.75, 3.05) is 10.6 Å². The molecular weight excluding hydrogens is 452 g/mol. The van der Waals surface area contributed by atoms with E-state index in [2.05, 4.69) is 25.6 Å². The van der Waals surface area contributed by atoms with Crippen molar-refractivity contribution in [3.63, 3.8) is 0 Å². The number of fused-ring (bicyclic) bond motifs is 1. The van der Waals surface area contributed by atoms with Gasteiger partial charge in [0.25, 0.3) is 0 Å². The highest BCUT2D eigenvalue weighted by Crippen LogP contribution is 2.37. The SMILES string of the molecule is O[C@H]1CC[C@H](Nc2ncc3nc(Nc4cc(C(F)(F)F)ccc4F)n(C4CCCC4)c3n2)CC1. The average Bonchev–Trinajstić information content (AvgIpc) is 3.43. The zero-order chi connectivity index (χ0) is 23.9. The lowest BCUT2D eigenvalue weighted by Gasteiger charge is -2.26. The summed E-state index contributed by atoms with van der Waals surface area (Å²) in [4.78, 5) is 13.5. The number of anilines is 3. The first-order valence-electron chi connectivity index (χ1n) is 11.6. The Labute approximate surface area is 193 Å². The summed E-state index contributed by atoms with van der Waals surface area (Å²) in [6.07, 6.45) is 3.56. The number of nitrogens with zero attached hydrogens (tertiary/aromatic N) is 4. The maximum absolute atomic E-state index is 14.4. The molecule has 0 unspecified atom stereocenters. The highest BCUT2D eigenvalue weighted by molar-refractivity contribution is 5.76. The molecule has 0 atom stereocenters. The topological polar surface area (TPSA) is 87.9 Å². The summed E-state index contributed by atoms with van der Waals surface area (Å²) in [5, 5.41) is 15.8. The van der Waals surface area contributed by atoms with Gasteiger partial charge >= 0.3 is 6.18 Å². The number of aliphatic hydroxyl groups is 1. The quantitative estimate of drug-likeness (QED) is 0.416. The van der Waals surface area contributed by atoms with E-state index in [9.17, 15) is 22.7 Å². The van der Waals surface area contributed by atoms with Crippen LogP contribution in [-0.4, -0.2) is 36.8 Å². The lowest BCUT2D eigenvalue weighted by molar-refractivity contribution is -0.137. The number of rotatable bonds is 5. The maximum atomic E-state index is 14.4. The molecule has 2 aliphatic carbocycles. The van der Waals surface area contributed by atoms with Crippen LogP contribution in [-0.2, 0) is 6.18 Å². The van der Waals surface area contributed by atoms with E-state index in [1.807, 2.05) is 4.57 Å². The van der Waals surface area contributed by atoms with Crippen LogP contribution in [0.3, 0.4) is 0 Å². The summed E-state index contributed by atoms with van der Waals surface area (Å²) in [5.74, 6) is -0.122. The molecule has 2 fully saturated rings. The van der Waals surface area contributed by atoms with Crippen molar-refractivity contribution in [1.29, 1.82) is 0 Å². The van der Waals surface area contributed by atoms with Crippen molar-refractivity contribution in [2.24, 2.45) is 0 Å². The lowest BCUT2D eigenvalue weighted by atomic mass is 9.93. The number of imidazole rings is 1. The molecule has 2 heterocycles. The highest BCUT2D eigenvalue weighted by Gasteiger charge is 2.32. The van der Waals surface area contributed by atoms with E-state index in [-0.39, 0.29) is 29.8 Å². The minimum atomic E-state index is -4.59. The second-order valence-corrected chi connectivity index (χ2v) is 9.11. The Morgan fingerprint density at radius 2 is 1.74 bits per heavy atom. The molecule has 0 saturated heterocycles. The van der Waals surface area contributed by atoms with Crippen LogP contribution in [0.2, 0.25) is 0 Å². The summed E-state index contributed by atoms with van der Waals surface area (Å²) in [6, 6.07) is 2.48. The first-order chi connectivity index (χ1) is 16.3. The van der Waals surface area contributed by atoms with Crippen molar-refractivity contribution in [3.8, 4) is 0 Å². The zero-order valence-corrected chi connectivity index (χ0v) is 18.4. The van der Waals surface area contributed by atoms with Crippen LogP contribution < -0.4 is 10.6 Å². The van der Waals surface area contributed by atoms with E-state index in [0.29, 0.717) is 23.2 Å². The monoisotopic (exact) mass is 478 g/mol. The molecule has 0 bridgehead atoms. The van der Waals surface area contributed by atoms with Crippen molar-refractivity contribution in [3.05, 3.63) is 35.8 Å². The fourth-order valence-corrected chi connectivity index (χ4v) is 4.88. The molecule has 182 valence electrons. The molecule has 0 amide bonds. The molecule has 7 nitrogen and oxygen atoms in total. The molecule has 3 N–H and O–H groups in total. The number of aromatic nitrogens is 4. The first-order valence-corrected chi connectivity index (χ1v) is 11.6. The van der Waals surface area contributed by atoms with Crippen molar-refractivity contribution in [2.45, 2.75) is 75.7 Å². The van der Waals surface area contributed by atoms with Crippen LogP contribution in [0.25, 0.3) is 11.2 Å². The largest absolute Gasteiger partial charge is 0.416 e. The van der Waals surface area contributed by atoms with E-state index in [1.54, 1.807) is 6.20 Å². The summed E-state index contributed by atoms with van der Waals surface area (Å²) >= 11 is 0. The molecule has 2 aliphatic rings. The van der Waals surface area contributed by atoms with Crippen molar-refractivity contribution >= 4 is 28.7 Å². The first kappa shape index (κ1) is 22.8. The van der Waals surface area contributed by atoms with Crippen LogP contribution in [0.5, 0.6) is 0 Å². The summed E-state index contributed by atoms with van der Waals surface area (Å²) in [7, 11) is 0. The van der Waals surface area contributed by atoms with Crippen molar-refractivity contribution < 1.29 is 22.7 Å². The van der Waals surface area contributed by atoms with Gasteiger partial charge in [-0.25, -0.2) is 14.4 Å². The van der Waals surface area contributed by atoms with Crippen LogP contribution in [0.1, 0.15) is 63.0 Å². The number of halogens is 4. The minimum absolute atomic E-state index is 0.0499. The predicted molar refractivity (Wildman–Crippen MR) is 119 cm³/mol. The fraction of sp³-hybridized carbons (Fsp3) is 0.522. The molecule has 1 aromatic carbocycles. The third-order valence-corrected chi connectivity index (χ3v) is 6.69. The Kier molecular flexibility index (Phi) is 6.05. The third kappa shape index (κ3) is 4.66. The lowest BCUT2D eigenvalue weighted by Crippen LogP contribution is -2.29. The molecule has 3 aromatic rings. The number of benzene rings is 1. The summed E-state index contributed by atoms with van der Waals surface area (Å²) in [5.41, 5.74) is -0.207. The number of hydrogen-bond acceptors (Lipinski definition) is 6. The standard InChI is InChI=1S/C23H26F4N6O/c24-17-10-5-13(23(25,26)27)11-18(17)30-22-31-19-12-28-21(29-14-6-8-16(34)9-7-14)32-20(19)33(22)15-3-1-2-4-15/h5,10-12,14-16,34H,1-4,6-9H2,(H,30,31)(H,28,29,32)/t14-,16-. The molecule has 34 heavy (non-hydrogen) atoms. The van der Waals surface area contributed by atoms with Gasteiger partial charge in [-0.05, 0) is 56.7 Å². The van der Waals surface area contributed by atoms with Crippen LogP contribution in [0, 0.1) is 5.82 Å². The van der Waals surface area contributed by atoms with Gasteiger partial charge in [-0.2, -0.15) is 18.2 Å². The van der Waals surface area contributed by atoms with E-state index in [1.165, 1.54) is 0 Å². The summed E-state index contributed by atoms with van der Waals surface area (Å²) in [6.45, 7) is 0. The van der Waals surface area contributed by atoms with Gasteiger partial charge in [-0.3, -0.25) is 4.57 Å². The second-order valence-electron chi connectivity index (χ2n) is 9.11. The molecule has 2 aromatic heterocycles. The van der Waals surface area contributed by atoms with Gasteiger partial charge in [0.2, 0.25) is 11.9 Å². The maximum Gasteiger partial charge on any atom is 0.416 e. The number of hydrogen-bond donors (Lipinski definition) is 3. The molecule has 5 rings (SSSR count). The van der Waals surface area contributed by atoms with E-state index >= 15 is 0 Å². The molecule has 2 saturated carbocycles. The molecule has 0 aliphatic heterocycles. The molecule has 0 radical (unpaired) electrons. The van der Waals surface area contributed by atoms with Gasteiger partial charge in [0.1, 0.15) is 11.3 Å². The Bertz CT molecular complexity index is 1170. The van der Waals surface area contributed by atoms with Crippen LogP contribution >= 0.6 is 0 Å². The van der Waals surface area contributed by atoms with Gasteiger partial charge < -0.3 is 15.7 Å². The zero-order valence-electron chi connectivity index (χ0n) is 18.4. The summed E-state index contributed by atoms with van der Waals surface area (Å²) < 4.78 is 55.8. The van der Waals surface area contributed by atoms with Gasteiger partial charge in [0, 0.05) is 12.1 Å². The second kappa shape index (κ2) is 9.01. The minimum Gasteiger partial charge on any atom is -0.393 e. The molecular formula is C23H26F4N6O. The van der Waals surface area contributed by atoms with Crippen molar-refractivity contribution in [1.82, 2.24) is 19.5 Å². The number of nitrogens with one attached hydrogen (secondary N) is 2. The molecule has 11 heteroatoms. The fourth-order valence-electron chi connectivity index (χ4n) is 4.88. The highest BCUT2D eigenvalue weighted by atomic mass is 19.4. The Morgan fingerprint density at radius 3 is 2.44 bits per heavy atom. The van der Waals surface area contributed by atoms with Crippen LogP contribution in [0.15, 0.2) is 24.4 Å². The number of aliphatic hydroxyl groups excluding tert-OH is 1. The van der Waals surface area contributed by atoms with E-state index < -0.39 is 17.6 Å².